The van der Waals surface area contributed by atoms with E-state index < -0.39 is 16.9 Å². The van der Waals surface area contributed by atoms with Crippen molar-refractivity contribution in [2.45, 2.75) is 6.17 Å². The van der Waals surface area contributed by atoms with Crippen LogP contribution in [0.3, 0.4) is 0 Å². The van der Waals surface area contributed by atoms with Crippen LogP contribution >= 0.6 is 0 Å². The van der Waals surface area contributed by atoms with Gasteiger partial charge in [0.1, 0.15) is 12.0 Å². The molecule has 1 N–H and O–H groups in total. The Labute approximate surface area is 169 Å². The Hall–Kier alpha value is -4.14. The van der Waals surface area contributed by atoms with Crippen molar-refractivity contribution in [2.75, 3.05) is 17.0 Å². The fourth-order valence-electron chi connectivity index (χ4n) is 3.66. The molecule has 0 aliphatic carbocycles. The molecule has 0 radical (unpaired) electrons. The van der Waals surface area contributed by atoms with E-state index in [-0.39, 0.29) is 29.7 Å². The van der Waals surface area contributed by atoms with Gasteiger partial charge in [0.15, 0.2) is 11.5 Å². The number of amides is 1. The molecule has 0 fully saturated rings. The first kappa shape index (κ1) is 17.9. The van der Waals surface area contributed by atoms with E-state index in [1.165, 1.54) is 41.3 Å². The van der Waals surface area contributed by atoms with E-state index in [9.17, 15) is 19.3 Å². The molecule has 1 amide bonds. The molecule has 5 rings (SSSR count). The van der Waals surface area contributed by atoms with Crippen molar-refractivity contribution in [3.63, 3.8) is 0 Å². The summed E-state index contributed by atoms with van der Waals surface area (Å²) in [5.41, 5.74) is 1.33. The Balaban J connectivity index is 1.72. The standard InChI is InChI=1S/C21H14FN3O5/c22-12-5-7-13(8-6-12)24-20(23-16-4-2-1-3-14(16)21(24)26)15-9-18-19(30-11-29-18)10-17(15)25(27)28/h1-10,20,23H,11H2/t20-/m1/s1. The lowest BCUT2D eigenvalue weighted by atomic mass is 10.0. The maximum Gasteiger partial charge on any atom is 0.280 e. The fraction of sp³-hybridized carbons (Fsp3) is 0.0952. The Morgan fingerprint density at radius 1 is 1.07 bits per heavy atom. The fourth-order valence-corrected chi connectivity index (χ4v) is 3.66. The van der Waals surface area contributed by atoms with Crippen molar-refractivity contribution < 1.29 is 23.6 Å². The highest BCUT2D eigenvalue weighted by Crippen LogP contribution is 2.44. The van der Waals surface area contributed by atoms with Crippen LogP contribution in [-0.4, -0.2) is 17.6 Å². The van der Waals surface area contributed by atoms with E-state index in [2.05, 4.69) is 5.32 Å². The van der Waals surface area contributed by atoms with Gasteiger partial charge in [-0.1, -0.05) is 12.1 Å². The minimum Gasteiger partial charge on any atom is -0.454 e. The molecule has 30 heavy (non-hydrogen) atoms. The van der Waals surface area contributed by atoms with E-state index in [1.807, 2.05) is 0 Å². The highest BCUT2D eigenvalue weighted by molar-refractivity contribution is 6.12. The largest absolute Gasteiger partial charge is 0.454 e. The maximum atomic E-state index is 13.5. The lowest BCUT2D eigenvalue weighted by Crippen LogP contribution is -2.43. The van der Waals surface area contributed by atoms with Gasteiger partial charge in [-0.05, 0) is 42.5 Å². The summed E-state index contributed by atoms with van der Waals surface area (Å²) in [4.78, 5) is 26.0. The summed E-state index contributed by atoms with van der Waals surface area (Å²) in [6.45, 7) is -0.0442. The van der Waals surface area contributed by atoms with Gasteiger partial charge in [0.2, 0.25) is 6.79 Å². The lowest BCUT2D eigenvalue weighted by Gasteiger charge is -2.37. The zero-order chi connectivity index (χ0) is 20.8. The summed E-state index contributed by atoms with van der Waals surface area (Å²) in [6.07, 6.45) is -0.923. The quantitative estimate of drug-likeness (QED) is 0.516. The molecule has 0 unspecified atom stereocenters. The van der Waals surface area contributed by atoms with Crippen LogP contribution in [0.15, 0.2) is 60.7 Å². The van der Waals surface area contributed by atoms with Crippen LogP contribution in [0.1, 0.15) is 22.1 Å². The van der Waals surface area contributed by atoms with Crippen LogP contribution in [0.2, 0.25) is 0 Å². The average Bonchev–Trinajstić information content (AvgIpc) is 3.21. The van der Waals surface area contributed by atoms with E-state index in [0.29, 0.717) is 22.7 Å². The number of hydrogen-bond donors (Lipinski definition) is 1. The molecule has 3 aromatic carbocycles. The van der Waals surface area contributed by atoms with Gasteiger partial charge in [-0.2, -0.15) is 0 Å². The van der Waals surface area contributed by atoms with E-state index in [1.54, 1.807) is 24.3 Å². The Bertz CT molecular complexity index is 1180. The highest BCUT2D eigenvalue weighted by atomic mass is 19.1. The number of ether oxygens (including phenoxy) is 2. The third-order valence-electron chi connectivity index (χ3n) is 5.04. The number of nitro groups is 1. The lowest BCUT2D eigenvalue weighted by molar-refractivity contribution is -0.385. The number of nitrogens with one attached hydrogen (secondary N) is 1. The number of fused-ring (bicyclic) bond motifs is 2. The van der Waals surface area contributed by atoms with E-state index in [4.69, 9.17) is 9.47 Å². The summed E-state index contributed by atoms with van der Waals surface area (Å²) in [5.74, 6) is -0.209. The van der Waals surface area contributed by atoms with Crippen molar-refractivity contribution in [2.24, 2.45) is 0 Å². The molecule has 0 bridgehead atoms. The average molecular weight is 407 g/mol. The minimum atomic E-state index is -0.923. The third kappa shape index (κ3) is 2.79. The zero-order valence-electron chi connectivity index (χ0n) is 15.4. The van der Waals surface area contributed by atoms with Gasteiger partial charge in [0, 0.05) is 11.4 Å². The zero-order valence-corrected chi connectivity index (χ0v) is 15.4. The van der Waals surface area contributed by atoms with Gasteiger partial charge in [-0.25, -0.2) is 4.39 Å². The van der Waals surface area contributed by atoms with Crippen LogP contribution in [0.25, 0.3) is 0 Å². The van der Waals surface area contributed by atoms with E-state index >= 15 is 0 Å². The predicted molar refractivity (Wildman–Crippen MR) is 105 cm³/mol. The van der Waals surface area contributed by atoms with Crippen LogP contribution in [0, 0.1) is 15.9 Å². The normalized spacial score (nSPS) is 16.8. The van der Waals surface area contributed by atoms with Gasteiger partial charge in [-0.15, -0.1) is 0 Å². The maximum absolute atomic E-state index is 13.5. The second kappa shape index (κ2) is 6.73. The number of carbonyl (C=O) groups is 1. The highest BCUT2D eigenvalue weighted by Gasteiger charge is 2.38. The first-order valence-corrected chi connectivity index (χ1v) is 9.05. The minimum absolute atomic E-state index is 0.0442. The SMILES string of the molecule is O=C1c2ccccc2N[C@@H](c2cc3c(cc2[N+](=O)[O-])OCO3)N1c1ccc(F)cc1. The van der Waals surface area contributed by atoms with Crippen molar-refractivity contribution >= 4 is 23.0 Å². The topological polar surface area (TPSA) is 93.9 Å². The molecule has 2 aliphatic rings. The number of rotatable bonds is 3. The molecule has 3 aromatic rings. The second-order valence-corrected chi connectivity index (χ2v) is 6.77. The van der Waals surface area contributed by atoms with Crippen LogP contribution in [0.4, 0.5) is 21.5 Å². The molecule has 0 spiro atoms. The summed E-state index contributed by atoms with van der Waals surface area (Å²) in [6, 6.07) is 15.0. The molecule has 2 heterocycles. The number of halogens is 1. The van der Waals surface area contributed by atoms with Crippen molar-refractivity contribution in [3.8, 4) is 11.5 Å². The van der Waals surface area contributed by atoms with Crippen molar-refractivity contribution in [3.05, 3.63) is 87.7 Å². The molecular formula is C21H14FN3O5. The van der Waals surface area contributed by atoms with Gasteiger partial charge < -0.3 is 14.8 Å². The predicted octanol–water partition coefficient (Wildman–Crippen LogP) is 4.23. The Morgan fingerprint density at radius 2 is 1.77 bits per heavy atom. The number of benzene rings is 3. The van der Waals surface area contributed by atoms with Crippen LogP contribution < -0.4 is 19.7 Å². The Kier molecular flexibility index (Phi) is 4.02. The number of carbonyl (C=O) groups excluding carboxylic acids is 1. The summed E-state index contributed by atoms with van der Waals surface area (Å²) >= 11 is 0. The first-order chi connectivity index (χ1) is 14.5. The van der Waals surface area contributed by atoms with Crippen LogP contribution in [0.5, 0.6) is 11.5 Å². The van der Waals surface area contributed by atoms with Gasteiger partial charge in [-0.3, -0.25) is 19.8 Å². The molecule has 8 nitrogen and oxygen atoms in total. The molecular weight excluding hydrogens is 393 g/mol. The molecule has 0 saturated carbocycles. The molecule has 0 aromatic heterocycles. The van der Waals surface area contributed by atoms with Gasteiger partial charge in [0.05, 0.1) is 22.1 Å². The second-order valence-electron chi connectivity index (χ2n) is 6.77. The molecule has 150 valence electrons. The third-order valence-corrected chi connectivity index (χ3v) is 5.04. The van der Waals surface area contributed by atoms with Crippen molar-refractivity contribution in [1.82, 2.24) is 0 Å². The van der Waals surface area contributed by atoms with E-state index in [0.717, 1.165) is 0 Å². The number of para-hydroxylation sites is 1. The van der Waals surface area contributed by atoms with Crippen LogP contribution in [-0.2, 0) is 0 Å². The van der Waals surface area contributed by atoms with Gasteiger partial charge in [0.25, 0.3) is 11.6 Å². The number of nitrogens with zero attached hydrogens (tertiary/aromatic N) is 2. The monoisotopic (exact) mass is 407 g/mol. The molecule has 9 heteroatoms. The number of hydrogen-bond acceptors (Lipinski definition) is 6. The molecule has 0 saturated heterocycles. The number of nitro benzene ring substituents is 1. The summed E-state index contributed by atoms with van der Waals surface area (Å²) < 4.78 is 24.1. The smallest absolute Gasteiger partial charge is 0.280 e. The summed E-state index contributed by atoms with van der Waals surface area (Å²) in [7, 11) is 0. The molecule has 1 atom stereocenters. The number of anilines is 2. The van der Waals surface area contributed by atoms with Gasteiger partial charge >= 0.3 is 0 Å². The first-order valence-electron chi connectivity index (χ1n) is 9.05. The Morgan fingerprint density at radius 3 is 2.50 bits per heavy atom. The molecule has 2 aliphatic heterocycles. The summed E-state index contributed by atoms with van der Waals surface area (Å²) in [5, 5.41) is 15.0. The van der Waals surface area contributed by atoms with Crippen molar-refractivity contribution in [1.29, 1.82) is 0 Å².